The van der Waals surface area contributed by atoms with Gasteiger partial charge in [-0.1, -0.05) is 0 Å². The van der Waals surface area contributed by atoms with Crippen molar-refractivity contribution in [3.05, 3.63) is 32.8 Å². The van der Waals surface area contributed by atoms with E-state index in [2.05, 4.69) is 42.2 Å². The molecule has 1 atom stereocenters. The van der Waals surface area contributed by atoms with Crippen molar-refractivity contribution in [2.45, 2.75) is 12.5 Å². The number of rotatable bonds is 5. The van der Waals surface area contributed by atoms with E-state index in [4.69, 9.17) is 10.2 Å². The van der Waals surface area contributed by atoms with E-state index in [1.54, 1.807) is 6.07 Å². The van der Waals surface area contributed by atoms with Gasteiger partial charge in [0.05, 0.1) is 5.56 Å². The van der Waals surface area contributed by atoms with Gasteiger partial charge in [-0.25, -0.2) is 4.79 Å². The molecule has 112 valence electrons. The molecule has 0 saturated carbocycles. The summed E-state index contributed by atoms with van der Waals surface area (Å²) in [4.78, 5) is 26.2. The first kappa shape index (κ1) is 16.0. The van der Waals surface area contributed by atoms with Crippen molar-refractivity contribution in [2.75, 3.05) is 6.61 Å². The number of hydrogen-bond acceptors (Lipinski definition) is 3. The number of hydrogen-bond donors (Lipinski definition) is 4. The molecule has 6 nitrogen and oxygen atoms in total. The molecule has 0 radical (unpaired) electrons. The maximum Gasteiger partial charge on any atom is 0.326 e. The van der Waals surface area contributed by atoms with Crippen LogP contribution < -0.4 is 5.32 Å². The third-order valence-electron chi connectivity index (χ3n) is 2.99. The quantitative estimate of drug-likeness (QED) is 0.596. The Morgan fingerprint density at radius 1 is 1.29 bits per heavy atom. The summed E-state index contributed by atoms with van der Waals surface area (Å²) in [6.07, 6.45) is 1.48. The van der Waals surface area contributed by atoms with Crippen molar-refractivity contribution in [3.8, 4) is 0 Å². The van der Waals surface area contributed by atoms with Crippen molar-refractivity contribution >= 4 is 54.6 Å². The zero-order valence-electron chi connectivity index (χ0n) is 10.7. The van der Waals surface area contributed by atoms with Crippen molar-refractivity contribution in [1.29, 1.82) is 0 Å². The number of carbonyl (C=O) groups is 2. The molecule has 2 aromatic rings. The number of H-pyrrole nitrogens is 1. The SMILES string of the molecule is O=C(N[C@H](CCO)C(=O)O)c1c[nH]c2cc(Br)c(Br)cc12. The van der Waals surface area contributed by atoms with Gasteiger partial charge in [-0.15, -0.1) is 0 Å². The summed E-state index contributed by atoms with van der Waals surface area (Å²) < 4.78 is 1.63. The van der Waals surface area contributed by atoms with Gasteiger partial charge in [-0.2, -0.15) is 0 Å². The number of halogens is 2. The topological polar surface area (TPSA) is 102 Å². The maximum atomic E-state index is 12.2. The van der Waals surface area contributed by atoms with Crippen LogP contribution in [0.25, 0.3) is 10.9 Å². The molecule has 4 N–H and O–H groups in total. The number of aromatic amines is 1. The molecule has 0 saturated heterocycles. The lowest BCUT2D eigenvalue weighted by atomic mass is 10.1. The van der Waals surface area contributed by atoms with Gasteiger partial charge in [-0.3, -0.25) is 4.79 Å². The van der Waals surface area contributed by atoms with Crippen LogP contribution in [0.1, 0.15) is 16.8 Å². The molecular weight excluding hydrogens is 408 g/mol. The predicted octanol–water partition coefficient (Wildman–Crippen LogP) is 2.26. The lowest BCUT2D eigenvalue weighted by Crippen LogP contribution is -2.41. The summed E-state index contributed by atoms with van der Waals surface area (Å²) in [6, 6.07) is 2.47. The fourth-order valence-electron chi connectivity index (χ4n) is 1.93. The third kappa shape index (κ3) is 3.45. The number of aliphatic carboxylic acids is 1. The maximum absolute atomic E-state index is 12.2. The molecule has 1 aromatic carbocycles. The van der Waals surface area contributed by atoms with Gasteiger partial charge in [0.15, 0.2) is 0 Å². The molecule has 0 unspecified atom stereocenters. The number of aliphatic hydroxyl groups is 1. The standard InChI is InChI=1S/C13H12Br2N2O4/c14-8-3-6-7(5-16-11(6)4-9(8)15)12(19)17-10(1-2-18)13(20)21/h3-5,10,16,18H,1-2H2,(H,17,19)(H,20,21)/t10-/m1/s1. The van der Waals surface area contributed by atoms with Gasteiger partial charge in [-0.05, 0) is 44.0 Å². The number of nitrogens with one attached hydrogen (secondary N) is 2. The fraction of sp³-hybridized carbons (Fsp3) is 0.231. The molecule has 21 heavy (non-hydrogen) atoms. The third-order valence-corrected chi connectivity index (χ3v) is 4.83. The van der Waals surface area contributed by atoms with Crippen LogP contribution >= 0.6 is 31.9 Å². The highest BCUT2D eigenvalue weighted by Gasteiger charge is 2.22. The lowest BCUT2D eigenvalue weighted by Gasteiger charge is -2.12. The smallest absolute Gasteiger partial charge is 0.326 e. The van der Waals surface area contributed by atoms with E-state index in [9.17, 15) is 9.59 Å². The molecule has 0 fully saturated rings. The molecule has 1 amide bonds. The summed E-state index contributed by atoms with van der Waals surface area (Å²) in [6.45, 7) is -0.316. The van der Waals surface area contributed by atoms with Gasteiger partial charge < -0.3 is 20.5 Å². The average molecular weight is 420 g/mol. The Bertz CT molecular complexity index is 699. The van der Waals surface area contributed by atoms with E-state index < -0.39 is 17.9 Å². The molecule has 0 bridgehead atoms. The molecule has 1 aromatic heterocycles. The Morgan fingerprint density at radius 3 is 2.57 bits per heavy atom. The second kappa shape index (κ2) is 6.59. The van der Waals surface area contributed by atoms with Gasteiger partial charge in [0.2, 0.25) is 0 Å². The van der Waals surface area contributed by atoms with Crippen molar-refractivity contribution in [3.63, 3.8) is 0 Å². The number of amides is 1. The highest BCUT2D eigenvalue weighted by atomic mass is 79.9. The number of carboxylic acids is 1. The molecule has 0 aliphatic rings. The van der Waals surface area contributed by atoms with Crippen LogP contribution in [0.4, 0.5) is 0 Å². The molecular formula is C13H12Br2N2O4. The molecule has 2 rings (SSSR count). The Kier molecular flexibility index (Phi) is 5.02. The van der Waals surface area contributed by atoms with Crippen LogP contribution in [0, 0.1) is 0 Å². The zero-order chi connectivity index (χ0) is 15.6. The van der Waals surface area contributed by atoms with E-state index >= 15 is 0 Å². The largest absolute Gasteiger partial charge is 0.480 e. The lowest BCUT2D eigenvalue weighted by molar-refractivity contribution is -0.139. The minimum absolute atomic E-state index is 0.0430. The summed E-state index contributed by atoms with van der Waals surface area (Å²) >= 11 is 6.73. The molecule has 1 heterocycles. The number of benzene rings is 1. The van der Waals surface area contributed by atoms with Crippen molar-refractivity contribution in [2.24, 2.45) is 0 Å². The number of carboxylic acid groups (broad SMARTS) is 1. The zero-order valence-corrected chi connectivity index (χ0v) is 13.9. The van der Waals surface area contributed by atoms with Gasteiger partial charge in [0, 0.05) is 39.1 Å². The highest BCUT2D eigenvalue weighted by molar-refractivity contribution is 9.13. The number of fused-ring (bicyclic) bond motifs is 1. The second-order valence-electron chi connectivity index (χ2n) is 4.39. The highest BCUT2D eigenvalue weighted by Crippen LogP contribution is 2.30. The minimum Gasteiger partial charge on any atom is -0.480 e. The van der Waals surface area contributed by atoms with Crippen LogP contribution in [-0.4, -0.2) is 39.7 Å². The summed E-state index contributed by atoms with van der Waals surface area (Å²) in [5.41, 5.74) is 1.10. The summed E-state index contributed by atoms with van der Waals surface area (Å²) in [5, 5.41) is 20.9. The van der Waals surface area contributed by atoms with Crippen LogP contribution in [0.5, 0.6) is 0 Å². The summed E-state index contributed by atoms with van der Waals surface area (Å²) in [5.74, 6) is -1.68. The fourth-order valence-corrected chi connectivity index (χ4v) is 2.61. The normalized spacial score (nSPS) is 12.3. The Labute approximate surface area is 136 Å². The van der Waals surface area contributed by atoms with Crippen LogP contribution in [0.15, 0.2) is 27.3 Å². The van der Waals surface area contributed by atoms with E-state index in [1.807, 2.05) is 6.07 Å². The molecule has 0 spiro atoms. The monoisotopic (exact) mass is 418 g/mol. The average Bonchev–Trinajstić information content (AvgIpc) is 2.81. The molecule has 8 heteroatoms. The Hall–Kier alpha value is -1.38. The number of carbonyl (C=O) groups excluding carboxylic acids is 1. The first-order valence-electron chi connectivity index (χ1n) is 6.04. The van der Waals surface area contributed by atoms with Crippen LogP contribution in [0.2, 0.25) is 0 Å². The molecule has 0 aliphatic carbocycles. The van der Waals surface area contributed by atoms with E-state index in [0.717, 1.165) is 14.5 Å². The number of aliphatic hydroxyl groups excluding tert-OH is 1. The number of aromatic nitrogens is 1. The predicted molar refractivity (Wildman–Crippen MR) is 84.3 cm³/mol. The first-order valence-corrected chi connectivity index (χ1v) is 7.63. The Morgan fingerprint density at radius 2 is 1.95 bits per heavy atom. The summed E-state index contributed by atoms with van der Waals surface area (Å²) in [7, 11) is 0. The van der Waals surface area contributed by atoms with E-state index in [-0.39, 0.29) is 13.0 Å². The van der Waals surface area contributed by atoms with Crippen LogP contribution in [0.3, 0.4) is 0 Å². The van der Waals surface area contributed by atoms with Gasteiger partial charge in [0.1, 0.15) is 6.04 Å². The molecule has 0 aliphatic heterocycles. The van der Waals surface area contributed by atoms with E-state index in [1.165, 1.54) is 6.20 Å². The Balaban J connectivity index is 2.31. The van der Waals surface area contributed by atoms with E-state index in [0.29, 0.717) is 10.9 Å². The van der Waals surface area contributed by atoms with Crippen molar-refractivity contribution < 1.29 is 19.8 Å². The van der Waals surface area contributed by atoms with Crippen LogP contribution in [-0.2, 0) is 4.79 Å². The second-order valence-corrected chi connectivity index (χ2v) is 6.10. The minimum atomic E-state index is -1.18. The first-order chi connectivity index (χ1) is 9.93. The van der Waals surface area contributed by atoms with Gasteiger partial charge >= 0.3 is 5.97 Å². The van der Waals surface area contributed by atoms with Crippen molar-refractivity contribution in [1.82, 2.24) is 10.3 Å². The van der Waals surface area contributed by atoms with Gasteiger partial charge in [0.25, 0.3) is 5.91 Å².